The van der Waals surface area contributed by atoms with Crippen molar-refractivity contribution in [1.82, 2.24) is 10.0 Å². The summed E-state index contributed by atoms with van der Waals surface area (Å²) in [4.78, 5) is 0. The first-order valence-electron chi connectivity index (χ1n) is 11.5. The van der Waals surface area contributed by atoms with Crippen molar-refractivity contribution < 1.29 is 0 Å². The van der Waals surface area contributed by atoms with Crippen LogP contribution >= 0.6 is 0 Å². The van der Waals surface area contributed by atoms with Crippen molar-refractivity contribution in [1.29, 1.82) is 0 Å². The lowest BCUT2D eigenvalue weighted by atomic mass is 9.71. The molecule has 0 N–H and O–H groups in total. The lowest BCUT2D eigenvalue weighted by Crippen LogP contribution is -2.42. The van der Waals surface area contributed by atoms with Crippen LogP contribution in [0.5, 0.6) is 0 Å². The Bertz CT molecular complexity index is 971. The SMILES string of the molecule is CC1(C)C(Cc2ccccc2)=C2CC3N4C(=C(Cc5ccccc5)C3(C)C)CC1N24. The summed E-state index contributed by atoms with van der Waals surface area (Å²) in [6.45, 7) is 9.95. The smallest absolute Gasteiger partial charge is 0.0646 e. The van der Waals surface area contributed by atoms with E-state index in [2.05, 4.69) is 98.4 Å². The van der Waals surface area contributed by atoms with Crippen molar-refractivity contribution in [3.63, 3.8) is 0 Å². The Kier molecular flexibility index (Phi) is 3.68. The van der Waals surface area contributed by atoms with Gasteiger partial charge in [0.15, 0.2) is 0 Å². The summed E-state index contributed by atoms with van der Waals surface area (Å²) in [5, 5.41) is 5.47. The molecule has 2 atom stereocenters. The molecule has 0 bridgehead atoms. The van der Waals surface area contributed by atoms with Crippen LogP contribution in [0.2, 0.25) is 0 Å². The van der Waals surface area contributed by atoms with E-state index in [1.165, 1.54) is 24.0 Å². The van der Waals surface area contributed by atoms with Crippen LogP contribution in [0.1, 0.15) is 51.7 Å². The Morgan fingerprint density at radius 1 is 0.633 bits per heavy atom. The van der Waals surface area contributed by atoms with Crippen LogP contribution in [0.15, 0.2) is 83.2 Å². The van der Waals surface area contributed by atoms with E-state index >= 15 is 0 Å². The Morgan fingerprint density at radius 2 is 1.00 bits per heavy atom. The van der Waals surface area contributed by atoms with Gasteiger partial charge in [0.1, 0.15) is 0 Å². The molecule has 0 saturated carbocycles. The Morgan fingerprint density at radius 3 is 1.37 bits per heavy atom. The summed E-state index contributed by atoms with van der Waals surface area (Å²) in [5.41, 5.74) is 9.93. The third kappa shape index (κ3) is 2.31. The van der Waals surface area contributed by atoms with E-state index in [9.17, 15) is 0 Å². The van der Waals surface area contributed by atoms with E-state index < -0.39 is 0 Å². The largest absolute Gasteiger partial charge is 0.285 e. The monoisotopic (exact) mass is 396 g/mol. The van der Waals surface area contributed by atoms with Crippen molar-refractivity contribution in [2.75, 3.05) is 0 Å². The zero-order valence-electron chi connectivity index (χ0n) is 18.7. The van der Waals surface area contributed by atoms with Gasteiger partial charge in [0.25, 0.3) is 0 Å². The molecule has 154 valence electrons. The molecule has 30 heavy (non-hydrogen) atoms. The Labute approximate surface area is 180 Å². The predicted molar refractivity (Wildman–Crippen MR) is 122 cm³/mol. The molecule has 2 nitrogen and oxygen atoms in total. The van der Waals surface area contributed by atoms with Crippen molar-refractivity contribution in [2.45, 2.75) is 65.5 Å². The van der Waals surface area contributed by atoms with Crippen LogP contribution in [-0.2, 0) is 12.8 Å². The first-order valence-corrected chi connectivity index (χ1v) is 11.5. The number of hydrogen-bond acceptors (Lipinski definition) is 2. The van der Waals surface area contributed by atoms with Gasteiger partial charge >= 0.3 is 0 Å². The third-order valence-electron chi connectivity index (χ3n) is 8.51. The van der Waals surface area contributed by atoms with Crippen molar-refractivity contribution in [3.05, 3.63) is 94.3 Å². The van der Waals surface area contributed by atoms with E-state index in [1.54, 1.807) is 22.5 Å². The lowest BCUT2D eigenvalue weighted by Gasteiger charge is -2.36. The standard InChI is InChI=1S/C28H32N2/c1-27(2)21(15-19-11-7-5-8-12-19)23-18-26-28(3,4)22(16-20-13-9-6-10-14-20)24-17-25(27)29(23)30(24)26/h5-14,25-26H,15-18H2,1-4H3. The fourth-order valence-corrected chi connectivity index (χ4v) is 6.71. The molecule has 2 unspecified atom stereocenters. The Balaban J connectivity index is 1.42. The number of benzene rings is 2. The van der Waals surface area contributed by atoms with Crippen molar-refractivity contribution >= 4 is 0 Å². The van der Waals surface area contributed by atoms with Gasteiger partial charge in [0.2, 0.25) is 0 Å². The van der Waals surface area contributed by atoms with Crippen LogP contribution in [0.4, 0.5) is 0 Å². The molecule has 0 radical (unpaired) electrons. The minimum absolute atomic E-state index is 0.218. The third-order valence-corrected chi connectivity index (χ3v) is 8.51. The molecule has 4 aliphatic heterocycles. The maximum Gasteiger partial charge on any atom is 0.0646 e. The molecule has 2 aromatic rings. The van der Waals surface area contributed by atoms with Gasteiger partial charge < -0.3 is 0 Å². The summed E-state index contributed by atoms with van der Waals surface area (Å²) >= 11 is 0. The van der Waals surface area contributed by atoms with Gasteiger partial charge in [-0.25, -0.2) is 0 Å². The summed E-state index contributed by atoms with van der Waals surface area (Å²) in [6, 6.07) is 23.3. The normalized spacial score (nSPS) is 27.5. The van der Waals surface area contributed by atoms with Crippen LogP contribution < -0.4 is 0 Å². The van der Waals surface area contributed by atoms with Gasteiger partial charge in [-0.3, -0.25) is 10.0 Å². The molecule has 6 rings (SSSR count). The average molecular weight is 397 g/mol. The molecule has 2 heteroatoms. The number of nitrogens with zero attached hydrogens (tertiary/aromatic N) is 2. The van der Waals surface area contributed by atoms with Crippen molar-refractivity contribution in [3.8, 4) is 0 Å². The molecule has 0 spiro atoms. The Hall–Kier alpha value is -2.48. The highest BCUT2D eigenvalue weighted by molar-refractivity contribution is 5.47. The highest BCUT2D eigenvalue weighted by Crippen LogP contribution is 2.64. The fourth-order valence-electron chi connectivity index (χ4n) is 6.71. The van der Waals surface area contributed by atoms with E-state index in [0.29, 0.717) is 12.1 Å². The number of rotatable bonds is 4. The maximum atomic E-state index is 2.73. The maximum absolute atomic E-state index is 2.73. The summed E-state index contributed by atoms with van der Waals surface area (Å²) in [6.07, 6.45) is 4.56. The molecule has 0 aromatic heterocycles. The first kappa shape index (κ1) is 18.3. The van der Waals surface area contributed by atoms with E-state index in [-0.39, 0.29) is 10.8 Å². The molecular weight excluding hydrogens is 364 g/mol. The highest BCUT2D eigenvalue weighted by atomic mass is 15.7. The first-order chi connectivity index (χ1) is 14.4. The van der Waals surface area contributed by atoms with Crippen LogP contribution in [-0.4, -0.2) is 22.1 Å². The van der Waals surface area contributed by atoms with Gasteiger partial charge in [0, 0.05) is 35.1 Å². The molecule has 4 aliphatic rings. The van der Waals surface area contributed by atoms with Gasteiger partial charge in [-0.1, -0.05) is 88.4 Å². The minimum atomic E-state index is 0.218. The zero-order chi connectivity index (χ0) is 20.7. The van der Waals surface area contributed by atoms with Gasteiger partial charge in [0.05, 0.1) is 12.1 Å². The highest BCUT2D eigenvalue weighted by Gasteiger charge is 2.64. The quantitative estimate of drug-likeness (QED) is 0.614. The molecule has 0 amide bonds. The topological polar surface area (TPSA) is 6.48 Å². The lowest BCUT2D eigenvalue weighted by molar-refractivity contribution is 0.0338. The van der Waals surface area contributed by atoms with Crippen LogP contribution in [0.3, 0.4) is 0 Å². The van der Waals surface area contributed by atoms with E-state index in [0.717, 1.165) is 12.8 Å². The summed E-state index contributed by atoms with van der Waals surface area (Å²) < 4.78 is 0. The molecule has 0 aliphatic carbocycles. The van der Waals surface area contributed by atoms with Crippen LogP contribution in [0.25, 0.3) is 0 Å². The summed E-state index contributed by atoms with van der Waals surface area (Å²) in [7, 11) is 0. The van der Waals surface area contributed by atoms with Crippen molar-refractivity contribution in [2.24, 2.45) is 10.8 Å². The average Bonchev–Trinajstić information content (AvgIpc) is 3.40. The van der Waals surface area contributed by atoms with Gasteiger partial charge in [-0.15, -0.1) is 0 Å². The van der Waals surface area contributed by atoms with Gasteiger partial charge in [-0.2, -0.15) is 0 Å². The molecule has 2 aromatic carbocycles. The number of hydrogen-bond donors (Lipinski definition) is 0. The van der Waals surface area contributed by atoms with E-state index in [1.807, 2.05) is 0 Å². The second-order valence-electron chi connectivity index (χ2n) is 10.7. The zero-order valence-corrected chi connectivity index (χ0v) is 18.7. The molecule has 2 saturated heterocycles. The summed E-state index contributed by atoms with van der Waals surface area (Å²) in [5.74, 6) is 0. The fraction of sp³-hybridized carbons (Fsp3) is 0.429. The predicted octanol–water partition coefficient (Wildman–Crippen LogP) is 6.12. The van der Waals surface area contributed by atoms with Gasteiger partial charge in [-0.05, 0) is 35.1 Å². The molecule has 2 fully saturated rings. The van der Waals surface area contributed by atoms with Crippen LogP contribution in [0, 0.1) is 10.8 Å². The molecular formula is C28H32N2. The number of hydrazine groups is 1. The van der Waals surface area contributed by atoms with E-state index in [4.69, 9.17) is 0 Å². The second kappa shape index (κ2) is 6.03. The minimum Gasteiger partial charge on any atom is -0.285 e. The second-order valence-corrected chi connectivity index (χ2v) is 10.7. The molecule has 4 heterocycles.